The molecular weight excluding hydrogens is 530 g/mol. The van der Waals surface area contributed by atoms with Crippen LogP contribution < -0.4 is 5.32 Å². The van der Waals surface area contributed by atoms with Crippen molar-refractivity contribution >= 4 is 75.2 Å². The zero-order chi connectivity index (χ0) is 24.5. The summed E-state index contributed by atoms with van der Waals surface area (Å²) in [6.07, 6.45) is 2.91. The van der Waals surface area contributed by atoms with Crippen LogP contribution in [0.25, 0.3) is 40.0 Å². The second kappa shape index (κ2) is 9.80. The first-order valence-electron chi connectivity index (χ1n) is 10.3. The van der Waals surface area contributed by atoms with Crippen molar-refractivity contribution in [2.45, 2.75) is 0 Å². The number of aromatic nitrogens is 1. The number of amides is 1. The minimum absolute atomic E-state index is 0.321. The molecular formula is C26H14Cl4N2O3. The molecule has 0 saturated carbocycles. The third-order valence-electron chi connectivity index (χ3n) is 5.06. The molecule has 0 bridgehead atoms. The number of benzene rings is 3. The molecule has 0 spiro atoms. The summed E-state index contributed by atoms with van der Waals surface area (Å²) in [7, 11) is 0. The number of halogens is 4. The van der Waals surface area contributed by atoms with E-state index < -0.39 is 0 Å². The van der Waals surface area contributed by atoms with E-state index in [0.717, 1.165) is 0 Å². The molecule has 0 radical (unpaired) electrons. The average molecular weight is 544 g/mol. The van der Waals surface area contributed by atoms with Crippen molar-refractivity contribution in [3.8, 4) is 22.8 Å². The lowest BCUT2D eigenvalue weighted by Crippen LogP contribution is -2.07. The van der Waals surface area contributed by atoms with E-state index in [1.807, 2.05) is 0 Å². The zero-order valence-electron chi connectivity index (χ0n) is 17.7. The molecule has 9 heteroatoms. The van der Waals surface area contributed by atoms with Crippen LogP contribution in [-0.2, 0) is 4.79 Å². The Labute approximate surface area is 219 Å². The first-order valence-corrected chi connectivity index (χ1v) is 11.8. The summed E-state index contributed by atoms with van der Waals surface area (Å²) in [5.74, 6) is 0.982. The van der Waals surface area contributed by atoms with Crippen LogP contribution in [0.5, 0.6) is 0 Å². The Kier molecular flexibility index (Phi) is 6.58. The van der Waals surface area contributed by atoms with Crippen LogP contribution in [0, 0.1) is 0 Å². The number of hydrogen-bond donors (Lipinski definition) is 1. The molecule has 5 rings (SSSR count). The molecule has 0 aliphatic heterocycles. The lowest BCUT2D eigenvalue weighted by atomic mass is 10.2. The molecule has 3 aromatic carbocycles. The number of oxazole rings is 1. The minimum Gasteiger partial charge on any atom is -0.457 e. The van der Waals surface area contributed by atoms with E-state index in [1.54, 1.807) is 72.8 Å². The third-order valence-corrected chi connectivity index (χ3v) is 6.44. The van der Waals surface area contributed by atoms with Crippen molar-refractivity contribution in [2.24, 2.45) is 0 Å². The van der Waals surface area contributed by atoms with Gasteiger partial charge in [-0.15, -0.1) is 0 Å². The summed E-state index contributed by atoms with van der Waals surface area (Å²) in [5, 5.41) is 4.61. The third kappa shape index (κ3) is 5.09. The highest BCUT2D eigenvalue weighted by atomic mass is 35.5. The second-order valence-electron chi connectivity index (χ2n) is 7.45. The molecule has 0 atom stereocenters. The zero-order valence-corrected chi connectivity index (χ0v) is 20.7. The Balaban J connectivity index is 1.32. The number of nitrogens with zero attached hydrogens (tertiary/aromatic N) is 1. The van der Waals surface area contributed by atoms with Gasteiger partial charge in [-0.25, -0.2) is 4.98 Å². The van der Waals surface area contributed by atoms with Gasteiger partial charge in [0.05, 0.1) is 20.6 Å². The summed E-state index contributed by atoms with van der Waals surface area (Å²) in [6.45, 7) is 0. The van der Waals surface area contributed by atoms with Crippen LogP contribution in [0.15, 0.2) is 81.6 Å². The van der Waals surface area contributed by atoms with Crippen molar-refractivity contribution in [1.29, 1.82) is 0 Å². The molecule has 0 unspecified atom stereocenters. The predicted molar refractivity (Wildman–Crippen MR) is 141 cm³/mol. The highest BCUT2D eigenvalue weighted by Crippen LogP contribution is 2.35. The topological polar surface area (TPSA) is 68.3 Å². The van der Waals surface area contributed by atoms with Crippen molar-refractivity contribution in [2.75, 3.05) is 5.32 Å². The molecule has 1 amide bonds. The van der Waals surface area contributed by atoms with E-state index in [9.17, 15) is 4.79 Å². The number of carbonyl (C=O) groups excluding carboxylic acids is 1. The standard InChI is InChI=1S/C26H14Cl4N2O3/c27-14-4-9-23-21(12-14)32-26(35-23)18-13-15(5-8-19(18)28)31-24(33)11-7-16-6-10-22(34-16)17-2-1-3-20(29)25(17)30/h1-13H,(H,31,33). The van der Waals surface area contributed by atoms with E-state index in [0.29, 0.717) is 65.4 Å². The number of anilines is 1. The molecule has 0 aliphatic rings. The van der Waals surface area contributed by atoms with Crippen molar-refractivity contribution in [3.05, 3.63) is 98.7 Å². The fourth-order valence-electron chi connectivity index (χ4n) is 3.41. The van der Waals surface area contributed by atoms with Gasteiger partial charge in [-0.1, -0.05) is 52.5 Å². The minimum atomic E-state index is -0.360. The smallest absolute Gasteiger partial charge is 0.248 e. The van der Waals surface area contributed by atoms with Gasteiger partial charge in [0.2, 0.25) is 11.8 Å². The second-order valence-corrected chi connectivity index (χ2v) is 9.08. The van der Waals surface area contributed by atoms with Gasteiger partial charge in [0.1, 0.15) is 17.0 Å². The van der Waals surface area contributed by atoms with Crippen molar-refractivity contribution in [3.63, 3.8) is 0 Å². The molecule has 5 aromatic rings. The molecule has 1 N–H and O–H groups in total. The first-order chi connectivity index (χ1) is 16.9. The fraction of sp³-hybridized carbons (Fsp3) is 0. The number of nitrogens with one attached hydrogen (secondary N) is 1. The van der Waals surface area contributed by atoms with E-state index in [2.05, 4.69) is 10.3 Å². The number of hydrogen-bond acceptors (Lipinski definition) is 4. The number of rotatable bonds is 5. The van der Waals surface area contributed by atoms with E-state index >= 15 is 0 Å². The van der Waals surface area contributed by atoms with Gasteiger partial charge in [-0.3, -0.25) is 4.79 Å². The Morgan fingerprint density at radius 2 is 1.71 bits per heavy atom. The van der Waals surface area contributed by atoms with Gasteiger partial charge < -0.3 is 14.2 Å². The summed E-state index contributed by atoms with van der Waals surface area (Å²) in [5.41, 5.74) is 2.91. The summed E-state index contributed by atoms with van der Waals surface area (Å²) in [6, 6.07) is 19.0. The van der Waals surface area contributed by atoms with E-state index in [4.69, 9.17) is 55.2 Å². The molecule has 35 heavy (non-hydrogen) atoms. The normalized spacial score (nSPS) is 11.4. The maximum Gasteiger partial charge on any atom is 0.248 e. The predicted octanol–water partition coefficient (Wildman–Crippen LogP) is 9.02. The largest absolute Gasteiger partial charge is 0.457 e. The van der Waals surface area contributed by atoms with Crippen molar-refractivity contribution in [1.82, 2.24) is 4.98 Å². The highest BCUT2D eigenvalue weighted by Gasteiger charge is 2.14. The van der Waals surface area contributed by atoms with Gasteiger partial charge in [-0.2, -0.15) is 0 Å². The maximum absolute atomic E-state index is 12.5. The number of fused-ring (bicyclic) bond motifs is 1. The van der Waals surface area contributed by atoms with E-state index in [-0.39, 0.29) is 5.91 Å². The van der Waals surface area contributed by atoms with Gasteiger partial charge in [0, 0.05) is 22.3 Å². The molecule has 2 aromatic heterocycles. The summed E-state index contributed by atoms with van der Waals surface area (Å²) >= 11 is 24.7. The van der Waals surface area contributed by atoms with Gasteiger partial charge in [0.15, 0.2) is 5.58 Å². The maximum atomic E-state index is 12.5. The molecule has 174 valence electrons. The number of furan rings is 1. The van der Waals surface area contributed by atoms with Crippen LogP contribution >= 0.6 is 46.4 Å². The van der Waals surface area contributed by atoms with Crippen LogP contribution in [-0.4, -0.2) is 10.9 Å². The Morgan fingerprint density at radius 3 is 2.57 bits per heavy atom. The van der Waals surface area contributed by atoms with Gasteiger partial charge >= 0.3 is 0 Å². The van der Waals surface area contributed by atoms with E-state index in [1.165, 1.54) is 6.08 Å². The lowest BCUT2D eigenvalue weighted by molar-refractivity contribution is -0.111. The Bertz CT molecular complexity index is 1600. The van der Waals surface area contributed by atoms with Crippen LogP contribution in [0.2, 0.25) is 20.1 Å². The Morgan fingerprint density at radius 1 is 0.857 bits per heavy atom. The summed E-state index contributed by atoms with van der Waals surface area (Å²) < 4.78 is 11.6. The molecule has 5 nitrogen and oxygen atoms in total. The average Bonchev–Trinajstić information content (AvgIpc) is 3.47. The highest BCUT2D eigenvalue weighted by molar-refractivity contribution is 6.43. The van der Waals surface area contributed by atoms with Gasteiger partial charge in [0.25, 0.3) is 0 Å². The Hall–Kier alpha value is -3.22. The van der Waals surface area contributed by atoms with Crippen LogP contribution in [0.4, 0.5) is 5.69 Å². The van der Waals surface area contributed by atoms with Crippen molar-refractivity contribution < 1.29 is 13.6 Å². The quantitative estimate of drug-likeness (QED) is 0.224. The molecule has 0 saturated heterocycles. The van der Waals surface area contributed by atoms with Crippen LogP contribution in [0.1, 0.15) is 5.76 Å². The lowest BCUT2D eigenvalue weighted by Gasteiger charge is -2.05. The first kappa shape index (κ1) is 23.5. The fourth-order valence-corrected chi connectivity index (χ4v) is 4.16. The molecule has 2 heterocycles. The van der Waals surface area contributed by atoms with Crippen LogP contribution in [0.3, 0.4) is 0 Å². The SMILES string of the molecule is O=C(C=Cc1ccc(-c2cccc(Cl)c2Cl)o1)Nc1ccc(Cl)c(-c2nc3cc(Cl)ccc3o2)c1. The molecule has 0 fully saturated rings. The summed E-state index contributed by atoms with van der Waals surface area (Å²) in [4.78, 5) is 17.0. The molecule has 0 aliphatic carbocycles. The number of carbonyl (C=O) groups is 1. The monoisotopic (exact) mass is 542 g/mol. The van der Waals surface area contributed by atoms with Gasteiger partial charge in [-0.05, 0) is 66.7 Å².